The van der Waals surface area contributed by atoms with Crippen LogP contribution in [0.3, 0.4) is 0 Å². The van der Waals surface area contributed by atoms with Gasteiger partial charge in [0.25, 0.3) is 0 Å². The van der Waals surface area contributed by atoms with Gasteiger partial charge in [0.1, 0.15) is 5.82 Å². The molecule has 5 nitrogen and oxygen atoms in total. The van der Waals surface area contributed by atoms with Crippen LogP contribution in [-0.2, 0) is 0 Å². The Hall–Kier alpha value is -1.36. The van der Waals surface area contributed by atoms with E-state index in [0.29, 0.717) is 5.82 Å². The van der Waals surface area contributed by atoms with Gasteiger partial charge in [0.15, 0.2) is 0 Å². The van der Waals surface area contributed by atoms with Crippen molar-refractivity contribution in [3.63, 3.8) is 0 Å². The summed E-state index contributed by atoms with van der Waals surface area (Å²) in [7, 11) is 0. The third-order valence-electron chi connectivity index (χ3n) is 2.84. The summed E-state index contributed by atoms with van der Waals surface area (Å²) in [4.78, 5) is 8.07. The van der Waals surface area contributed by atoms with Crippen LogP contribution < -0.4 is 11.1 Å². The van der Waals surface area contributed by atoms with Crippen LogP contribution in [0.15, 0.2) is 6.07 Å². The quantitative estimate of drug-likeness (QED) is 0.721. The highest BCUT2D eigenvalue weighted by Gasteiger charge is 2.35. The molecule has 0 spiro atoms. The lowest BCUT2D eigenvalue weighted by Crippen LogP contribution is -2.51. The van der Waals surface area contributed by atoms with Gasteiger partial charge in [-0.15, -0.1) is 0 Å². The second-order valence-corrected chi connectivity index (χ2v) is 5.06. The Morgan fingerprint density at radius 1 is 1.25 bits per heavy atom. The molecule has 0 radical (unpaired) electrons. The first-order chi connectivity index (χ1) is 7.12. The summed E-state index contributed by atoms with van der Waals surface area (Å²) in [6, 6.07) is 1.80. The summed E-state index contributed by atoms with van der Waals surface area (Å²) in [5, 5.41) is 13.2. The molecule has 16 heavy (non-hydrogen) atoms. The van der Waals surface area contributed by atoms with E-state index in [1.54, 1.807) is 19.9 Å². The van der Waals surface area contributed by atoms with Crippen molar-refractivity contribution in [2.75, 3.05) is 11.1 Å². The van der Waals surface area contributed by atoms with Gasteiger partial charge in [-0.2, -0.15) is 4.98 Å². The molecule has 0 aliphatic carbocycles. The molecular weight excluding hydrogens is 204 g/mol. The van der Waals surface area contributed by atoms with E-state index in [1.807, 2.05) is 20.8 Å². The van der Waals surface area contributed by atoms with Gasteiger partial charge in [-0.05, 0) is 34.6 Å². The van der Waals surface area contributed by atoms with Gasteiger partial charge < -0.3 is 16.2 Å². The fourth-order valence-corrected chi connectivity index (χ4v) is 1.13. The summed E-state index contributed by atoms with van der Waals surface area (Å²) < 4.78 is 0. The molecule has 0 amide bonds. The number of hydrogen-bond acceptors (Lipinski definition) is 5. The first-order valence-electron chi connectivity index (χ1n) is 5.23. The highest BCUT2D eigenvalue weighted by atomic mass is 16.3. The molecule has 0 saturated carbocycles. The molecule has 0 aromatic carbocycles. The summed E-state index contributed by atoms with van der Waals surface area (Å²) in [6.07, 6.45) is 0. The number of aliphatic hydroxyl groups is 1. The molecule has 4 N–H and O–H groups in total. The van der Waals surface area contributed by atoms with E-state index in [1.165, 1.54) is 0 Å². The Kier molecular flexibility index (Phi) is 3.10. The third-order valence-corrected chi connectivity index (χ3v) is 2.84. The smallest absolute Gasteiger partial charge is 0.222 e. The largest absolute Gasteiger partial charge is 0.388 e. The Balaban J connectivity index is 2.96. The van der Waals surface area contributed by atoms with Gasteiger partial charge in [-0.25, -0.2) is 4.98 Å². The highest BCUT2D eigenvalue weighted by molar-refractivity contribution is 5.43. The van der Waals surface area contributed by atoms with Gasteiger partial charge in [0.2, 0.25) is 5.95 Å². The second-order valence-electron chi connectivity index (χ2n) is 5.06. The van der Waals surface area contributed by atoms with Crippen LogP contribution in [0.25, 0.3) is 0 Å². The highest BCUT2D eigenvalue weighted by Crippen LogP contribution is 2.25. The van der Waals surface area contributed by atoms with E-state index in [2.05, 4.69) is 15.3 Å². The lowest BCUT2D eigenvalue weighted by atomic mass is 9.86. The van der Waals surface area contributed by atoms with Crippen LogP contribution in [0.4, 0.5) is 11.8 Å². The van der Waals surface area contributed by atoms with E-state index in [9.17, 15) is 5.11 Å². The Morgan fingerprint density at radius 2 is 1.81 bits per heavy atom. The second kappa shape index (κ2) is 3.90. The number of nitrogen functional groups attached to an aromatic ring is 1. The van der Waals surface area contributed by atoms with Crippen molar-refractivity contribution in [3.05, 3.63) is 11.8 Å². The Morgan fingerprint density at radius 3 is 2.25 bits per heavy atom. The van der Waals surface area contributed by atoms with Crippen LogP contribution in [0.2, 0.25) is 0 Å². The van der Waals surface area contributed by atoms with Gasteiger partial charge in [0, 0.05) is 11.8 Å². The first kappa shape index (κ1) is 12.7. The van der Waals surface area contributed by atoms with Crippen molar-refractivity contribution >= 4 is 11.8 Å². The van der Waals surface area contributed by atoms with Crippen LogP contribution in [0.1, 0.15) is 33.4 Å². The van der Waals surface area contributed by atoms with E-state index in [0.717, 1.165) is 5.69 Å². The Labute approximate surface area is 96.1 Å². The summed E-state index contributed by atoms with van der Waals surface area (Å²) in [5.41, 5.74) is 4.97. The average molecular weight is 224 g/mol. The zero-order chi connectivity index (χ0) is 12.6. The summed E-state index contributed by atoms with van der Waals surface area (Å²) >= 11 is 0. The van der Waals surface area contributed by atoms with Crippen LogP contribution in [0.5, 0.6) is 0 Å². The number of hydrogen-bond donors (Lipinski definition) is 3. The zero-order valence-electron chi connectivity index (χ0n) is 10.5. The number of rotatable bonds is 3. The van der Waals surface area contributed by atoms with Gasteiger partial charge >= 0.3 is 0 Å². The standard InChI is InChI=1S/C11H20N4O/c1-7-6-8(14-9(12)13-7)15-10(2,3)11(4,5)16/h6,16H,1-5H3,(H3,12,13,14,15). The SMILES string of the molecule is Cc1cc(NC(C)(C)C(C)(C)O)nc(N)n1. The van der Waals surface area contributed by atoms with E-state index in [4.69, 9.17) is 5.73 Å². The first-order valence-corrected chi connectivity index (χ1v) is 5.23. The van der Waals surface area contributed by atoms with Crippen LogP contribution in [-0.4, -0.2) is 26.2 Å². The molecule has 1 aromatic heterocycles. The summed E-state index contributed by atoms with van der Waals surface area (Å²) in [6.45, 7) is 9.15. The minimum Gasteiger partial charge on any atom is -0.388 e. The number of aryl methyl sites for hydroxylation is 1. The van der Waals surface area contributed by atoms with Crippen molar-refractivity contribution in [1.82, 2.24) is 9.97 Å². The van der Waals surface area contributed by atoms with Crippen LogP contribution >= 0.6 is 0 Å². The molecule has 0 aliphatic heterocycles. The lowest BCUT2D eigenvalue weighted by molar-refractivity contribution is 0.0239. The van der Waals surface area contributed by atoms with Gasteiger partial charge in [0.05, 0.1) is 11.1 Å². The topological polar surface area (TPSA) is 84.1 Å². The molecule has 0 unspecified atom stereocenters. The fraction of sp³-hybridized carbons (Fsp3) is 0.636. The van der Waals surface area contributed by atoms with E-state index >= 15 is 0 Å². The molecule has 5 heteroatoms. The number of nitrogens with one attached hydrogen (secondary N) is 1. The predicted octanol–water partition coefficient (Wildman–Crippen LogP) is 1.33. The third kappa shape index (κ3) is 2.82. The molecule has 1 heterocycles. The molecule has 90 valence electrons. The van der Waals surface area contributed by atoms with Crippen LogP contribution in [0, 0.1) is 6.92 Å². The van der Waals surface area contributed by atoms with Crippen molar-refractivity contribution in [3.8, 4) is 0 Å². The maximum atomic E-state index is 10.0. The fourth-order valence-electron chi connectivity index (χ4n) is 1.13. The number of nitrogens with zero attached hydrogens (tertiary/aromatic N) is 2. The number of anilines is 2. The molecule has 0 saturated heterocycles. The molecule has 1 rings (SSSR count). The molecular formula is C11H20N4O. The van der Waals surface area contributed by atoms with Gasteiger partial charge in [-0.3, -0.25) is 0 Å². The Bertz CT molecular complexity index is 362. The van der Waals surface area contributed by atoms with E-state index in [-0.39, 0.29) is 5.95 Å². The minimum atomic E-state index is -0.874. The normalized spacial score (nSPS) is 12.6. The minimum absolute atomic E-state index is 0.231. The molecule has 0 fully saturated rings. The molecule has 1 aromatic rings. The number of nitrogens with two attached hydrogens (primary N) is 1. The predicted molar refractivity (Wildman–Crippen MR) is 65.2 cm³/mol. The monoisotopic (exact) mass is 224 g/mol. The summed E-state index contributed by atoms with van der Waals surface area (Å²) in [5.74, 6) is 0.853. The molecule has 0 bridgehead atoms. The molecule has 0 aliphatic rings. The lowest BCUT2D eigenvalue weighted by Gasteiger charge is -2.38. The van der Waals surface area contributed by atoms with Crippen molar-refractivity contribution < 1.29 is 5.11 Å². The number of aromatic nitrogens is 2. The van der Waals surface area contributed by atoms with Gasteiger partial charge in [-0.1, -0.05) is 0 Å². The molecule has 0 atom stereocenters. The average Bonchev–Trinajstić information content (AvgIpc) is 1.97. The van der Waals surface area contributed by atoms with Crippen molar-refractivity contribution in [1.29, 1.82) is 0 Å². The van der Waals surface area contributed by atoms with Crippen molar-refractivity contribution in [2.24, 2.45) is 0 Å². The van der Waals surface area contributed by atoms with Crippen molar-refractivity contribution in [2.45, 2.75) is 45.8 Å². The van der Waals surface area contributed by atoms with E-state index < -0.39 is 11.1 Å². The zero-order valence-corrected chi connectivity index (χ0v) is 10.5. The maximum Gasteiger partial charge on any atom is 0.222 e. The maximum absolute atomic E-state index is 10.0.